The van der Waals surface area contributed by atoms with Crippen molar-refractivity contribution in [2.45, 2.75) is 24.4 Å². The van der Waals surface area contributed by atoms with Crippen LogP contribution in [0.1, 0.15) is 12.5 Å². The average molecular weight is 356 g/mol. The van der Waals surface area contributed by atoms with E-state index in [2.05, 4.69) is 0 Å². The van der Waals surface area contributed by atoms with Crippen LogP contribution in [0.2, 0.25) is 0 Å². The van der Waals surface area contributed by atoms with Crippen molar-refractivity contribution < 1.29 is 14.3 Å². The number of rotatable bonds is 5. The molecule has 1 aliphatic rings. The summed E-state index contributed by atoms with van der Waals surface area (Å²) in [5.41, 5.74) is 1.56. The quantitative estimate of drug-likeness (QED) is 0.604. The fourth-order valence-corrected chi connectivity index (χ4v) is 3.22. The molecular weight excluding hydrogens is 336 g/mol. The molecule has 0 radical (unpaired) electrons. The zero-order chi connectivity index (χ0) is 18.0. The smallest absolute Gasteiger partial charge is 0.332 e. The van der Waals surface area contributed by atoms with E-state index < -0.39 is 6.04 Å². The van der Waals surface area contributed by atoms with Crippen LogP contribution in [-0.4, -0.2) is 36.2 Å². The molecule has 5 nitrogen and oxygen atoms in total. The van der Waals surface area contributed by atoms with Crippen LogP contribution in [0.5, 0.6) is 5.75 Å². The highest BCUT2D eigenvalue weighted by Gasteiger charge is 2.43. The first-order valence-corrected chi connectivity index (χ1v) is 9.19. The van der Waals surface area contributed by atoms with Crippen molar-refractivity contribution >= 4 is 29.4 Å². The maximum atomic E-state index is 12.8. The van der Waals surface area contributed by atoms with E-state index in [0.717, 1.165) is 16.2 Å². The summed E-state index contributed by atoms with van der Waals surface area (Å²) in [5, 5.41) is 0. The highest BCUT2D eigenvalue weighted by Crippen LogP contribution is 2.28. The van der Waals surface area contributed by atoms with Gasteiger partial charge < -0.3 is 9.64 Å². The molecule has 0 bridgehead atoms. The van der Waals surface area contributed by atoms with E-state index in [-0.39, 0.29) is 11.9 Å². The zero-order valence-electron chi connectivity index (χ0n) is 14.4. The Hall–Kier alpha value is -2.47. The number of nitrogens with zero attached hydrogens (tertiary/aromatic N) is 2. The van der Waals surface area contributed by atoms with Gasteiger partial charge in [0.2, 0.25) is 0 Å². The summed E-state index contributed by atoms with van der Waals surface area (Å²) in [6.45, 7) is 2.15. The summed E-state index contributed by atoms with van der Waals surface area (Å²) in [4.78, 5) is 29.4. The van der Waals surface area contributed by atoms with Gasteiger partial charge in [-0.2, -0.15) is 0 Å². The normalized spacial score (nSPS) is 17.3. The first-order chi connectivity index (χ1) is 12.0. The fraction of sp³-hybridized carbons (Fsp3) is 0.263. The number of imide groups is 1. The first kappa shape index (κ1) is 17.4. The second-order valence-electron chi connectivity index (χ2n) is 5.81. The Bertz CT molecular complexity index is 774. The maximum Gasteiger partial charge on any atom is 0.332 e. The third-order valence-corrected chi connectivity index (χ3v) is 5.07. The summed E-state index contributed by atoms with van der Waals surface area (Å²) in [6.07, 6.45) is 1.99. The van der Waals surface area contributed by atoms with Gasteiger partial charge in [-0.3, -0.25) is 4.79 Å². The molecule has 130 valence electrons. The van der Waals surface area contributed by atoms with Gasteiger partial charge in [0, 0.05) is 11.4 Å². The molecule has 2 aromatic carbocycles. The summed E-state index contributed by atoms with van der Waals surface area (Å²) >= 11 is 1.62. The molecule has 3 amide bonds. The number of ether oxygens (including phenoxy) is 1. The number of benzene rings is 2. The van der Waals surface area contributed by atoms with Gasteiger partial charge >= 0.3 is 6.03 Å². The molecule has 0 aliphatic carbocycles. The number of urea groups is 1. The number of carbonyl (C=O) groups excluding carboxylic acids is 2. The number of carbonyl (C=O) groups is 2. The van der Waals surface area contributed by atoms with E-state index in [0.29, 0.717) is 12.2 Å². The maximum absolute atomic E-state index is 12.8. The number of hydrogen-bond donors (Lipinski definition) is 0. The fourth-order valence-electron chi connectivity index (χ4n) is 2.81. The lowest BCUT2D eigenvalue weighted by atomic mass is 10.2. The highest BCUT2D eigenvalue weighted by molar-refractivity contribution is 7.98. The largest absolute Gasteiger partial charge is 0.497 e. The number of thioether (sulfide) groups is 1. The number of amides is 3. The first-order valence-electron chi connectivity index (χ1n) is 7.96. The third-order valence-electron chi connectivity index (χ3n) is 4.32. The average Bonchev–Trinajstić information content (AvgIpc) is 2.86. The highest BCUT2D eigenvalue weighted by atomic mass is 32.2. The number of methoxy groups -OCH3 is 1. The van der Waals surface area contributed by atoms with Gasteiger partial charge in [-0.25, -0.2) is 9.69 Å². The lowest BCUT2D eigenvalue weighted by molar-refractivity contribution is -0.119. The zero-order valence-corrected chi connectivity index (χ0v) is 15.2. The van der Waals surface area contributed by atoms with Crippen LogP contribution in [0, 0.1) is 0 Å². The lowest BCUT2D eigenvalue weighted by Crippen LogP contribution is -2.33. The Morgan fingerprint density at radius 1 is 1.04 bits per heavy atom. The van der Waals surface area contributed by atoms with Crippen molar-refractivity contribution in [3.05, 3.63) is 54.1 Å². The van der Waals surface area contributed by atoms with Crippen LogP contribution in [0.3, 0.4) is 0 Å². The molecule has 1 heterocycles. The van der Waals surface area contributed by atoms with E-state index in [1.807, 2.05) is 54.8 Å². The van der Waals surface area contributed by atoms with E-state index in [4.69, 9.17) is 4.74 Å². The Morgan fingerprint density at radius 3 is 2.24 bits per heavy atom. The molecule has 3 rings (SSSR count). The minimum atomic E-state index is -0.491. The van der Waals surface area contributed by atoms with Gasteiger partial charge in [0.15, 0.2) is 0 Å². The standard InChI is InChI=1S/C19H20N2O3S/c1-13-18(22)21(15-6-10-17(25-3)11-7-15)19(23)20(13)12-14-4-8-16(24-2)9-5-14/h4-11,13H,12H2,1-3H3/t13-/m1/s1. The molecule has 0 spiro atoms. The van der Waals surface area contributed by atoms with Crippen LogP contribution in [0.25, 0.3) is 0 Å². The van der Waals surface area contributed by atoms with E-state index in [1.54, 1.807) is 30.7 Å². The van der Waals surface area contributed by atoms with Gasteiger partial charge in [0.05, 0.1) is 12.8 Å². The second-order valence-corrected chi connectivity index (χ2v) is 6.69. The molecule has 1 atom stereocenters. The lowest BCUT2D eigenvalue weighted by Gasteiger charge is -2.19. The molecule has 1 aliphatic heterocycles. The van der Waals surface area contributed by atoms with Crippen LogP contribution in [0.15, 0.2) is 53.4 Å². The van der Waals surface area contributed by atoms with Crippen LogP contribution >= 0.6 is 11.8 Å². The Balaban J connectivity index is 1.81. The predicted molar refractivity (Wildman–Crippen MR) is 99.1 cm³/mol. The summed E-state index contributed by atoms with van der Waals surface area (Å²) < 4.78 is 5.15. The Kier molecular flexibility index (Phi) is 4.99. The van der Waals surface area contributed by atoms with E-state index in [1.165, 1.54) is 4.90 Å². The van der Waals surface area contributed by atoms with Crippen molar-refractivity contribution in [1.29, 1.82) is 0 Å². The monoisotopic (exact) mass is 356 g/mol. The van der Waals surface area contributed by atoms with Gasteiger partial charge in [-0.15, -0.1) is 11.8 Å². The predicted octanol–water partition coefficient (Wildman–Crippen LogP) is 3.77. The van der Waals surface area contributed by atoms with E-state index >= 15 is 0 Å². The van der Waals surface area contributed by atoms with Crippen molar-refractivity contribution in [1.82, 2.24) is 4.90 Å². The molecule has 1 fully saturated rings. The van der Waals surface area contributed by atoms with Gasteiger partial charge in [0.25, 0.3) is 5.91 Å². The molecule has 0 saturated carbocycles. The molecule has 0 aromatic heterocycles. The Labute approximate surface area is 151 Å². The second kappa shape index (κ2) is 7.19. The number of hydrogen-bond acceptors (Lipinski definition) is 4. The minimum absolute atomic E-state index is 0.199. The van der Waals surface area contributed by atoms with Crippen molar-refractivity contribution in [2.75, 3.05) is 18.3 Å². The molecule has 25 heavy (non-hydrogen) atoms. The van der Waals surface area contributed by atoms with Crippen molar-refractivity contribution in [3.63, 3.8) is 0 Å². The molecular formula is C19H20N2O3S. The van der Waals surface area contributed by atoms with Crippen LogP contribution in [-0.2, 0) is 11.3 Å². The van der Waals surface area contributed by atoms with Crippen LogP contribution < -0.4 is 9.64 Å². The number of anilines is 1. The van der Waals surface area contributed by atoms with Crippen LogP contribution in [0.4, 0.5) is 10.5 Å². The van der Waals surface area contributed by atoms with Crippen molar-refractivity contribution in [3.8, 4) is 5.75 Å². The molecule has 2 aromatic rings. The van der Waals surface area contributed by atoms with Crippen molar-refractivity contribution in [2.24, 2.45) is 0 Å². The van der Waals surface area contributed by atoms with Gasteiger partial charge in [-0.05, 0) is 55.1 Å². The molecule has 6 heteroatoms. The van der Waals surface area contributed by atoms with Gasteiger partial charge in [0.1, 0.15) is 11.8 Å². The minimum Gasteiger partial charge on any atom is -0.497 e. The summed E-state index contributed by atoms with van der Waals surface area (Å²) in [6, 6.07) is 14.2. The summed E-state index contributed by atoms with van der Waals surface area (Å²) in [5.74, 6) is 0.562. The van der Waals surface area contributed by atoms with Gasteiger partial charge in [-0.1, -0.05) is 12.1 Å². The molecule has 0 unspecified atom stereocenters. The molecule has 1 saturated heterocycles. The Morgan fingerprint density at radius 2 is 1.68 bits per heavy atom. The topological polar surface area (TPSA) is 49.9 Å². The SMILES string of the molecule is COc1ccc(CN2C(=O)N(c3ccc(SC)cc3)C(=O)[C@H]2C)cc1. The van der Waals surface area contributed by atoms with E-state index in [9.17, 15) is 9.59 Å². The third kappa shape index (κ3) is 3.35. The summed E-state index contributed by atoms with van der Waals surface area (Å²) in [7, 11) is 1.61. The molecule has 0 N–H and O–H groups in total.